The molecule has 1 aromatic heterocycles. The standard InChI is InChI=1S/C17H25N3/c1-5-15-11-16(20(4)19-15)12-17(18-6-2)14-9-7-8-13(3)10-14/h7-11,17-18H,5-6,12H2,1-4H3. The van der Waals surface area contributed by atoms with Crippen LogP contribution in [-0.4, -0.2) is 16.3 Å². The number of nitrogens with zero attached hydrogens (tertiary/aromatic N) is 2. The highest BCUT2D eigenvalue weighted by Gasteiger charge is 2.14. The molecule has 2 aromatic rings. The average Bonchev–Trinajstić information content (AvgIpc) is 2.79. The minimum Gasteiger partial charge on any atom is -0.310 e. The normalized spacial score (nSPS) is 12.6. The summed E-state index contributed by atoms with van der Waals surface area (Å²) < 4.78 is 2.01. The molecule has 0 amide bonds. The minimum absolute atomic E-state index is 0.347. The predicted molar refractivity (Wildman–Crippen MR) is 83.9 cm³/mol. The summed E-state index contributed by atoms with van der Waals surface area (Å²) in [5.74, 6) is 0. The SMILES string of the molecule is CCNC(Cc1cc(CC)nn1C)c1cccc(C)c1. The minimum atomic E-state index is 0.347. The van der Waals surface area contributed by atoms with Crippen molar-refractivity contribution in [1.82, 2.24) is 15.1 Å². The molecule has 0 radical (unpaired) electrons. The number of benzene rings is 1. The van der Waals surface area contributed by atoms with Gasteiger partial charge in [-0.1, -0.05) is 43.7 Å². The number of hydrogen-bond acceptors (Lipinski definition) is 2. The van der Waals surface area contributed by atoms with Gasteiger partial charge in [-0.2, -0.15) is 5.10 Å². The van der Waals surface area contributed by atoms with Gasteiger partial charge in [0.25, 0.3) is 0 Å². The predicted octanol–water partition coefficient (Wildman–Crippen LogP) is 3.18. The molecule has 0 fully saturated rings. The van der Waals surface area contributed by atoms with Crippen LogP contribution in [0.1, 0.15) is 42.4 Å². The molecule has 0 bridgehead atoms. The second-order valence-corrected chi connectivity index (χ2v) is 5.33. The lowest BCUT2D eigenvalue weighted by molar-refractivity contribution is 0.528. The van der Waals surface area contributed by atoms with Crippen molar-refractivity contribution in [3.8, 4) is 0 Å². The Morgan fingerprint density at radius 3 is 2.65 bits per heavy atom. The molecule has 0 saturated heterocycles. The Bertz CT molecular complexity index is 557. The maximum atomic E-state index is 4.54. The van der Waals surface area contributed by atoms with Crippen LogP contribution in [-0.2, 0) is 19.9 Å². The van der Waals surface area contributed by atoms with Crippen molar-refractivity contribution in [2.24, 2.45) is 7.05 Å². The van der Waals surface area contributed by atoms with Gasteiger partial charge >= 0.3 is 0 Å². The van der Waals surface area contributed by atoms with E-state index in [2.05, 4.69) is 61.5 Å². The molecule has 20 heavy (non-hydrogen) atoms. The highest BCUT2D eigenvalue weighted by Crippen LogP contribution is 2.20. The maximum absolute atomic E-state index is 4.54. The molecule has 0 aliphatic rings. The summed E-state index contributed by atoms with van der Waals surface area (Å²) in [5.41, 5.74) is 5.12. The zero-order chi connectivity index (χ0) is 14.5. The van der Waals surface area contributed by atoms with Crippen LogP contribution in [0.3, 0.4) is 0 Å². The van der Waals surface area contributed by atoms with Crippen molar-refractivity contribution < 1.29 is 0 Å². The number of aromatic nitrogens is 2. The summed E-state index contributed by atoms with van der Waals surface area (Å²) in [6, 6.07) is 11.3. The van der Waals surface area contributed by atoms with Gasteiger partial charge in [0, 0.05) is 25.2 Å². The molecule has 0 spiro atoms. The van der Waals surface area contributed by atoms with Gasteiger partial charge in [-0.25, -0.2) is 0 Å². The van der Waals surface area contributed by atoms with Crippen LogP contribution < -0.4 is 5.32 Å². The van der Waals surface area contributed by atoms with Crippen LogP contribution in [0.2, 0.25) is 0 Å². The Morgan fingerprint density at radius 2 is 2.05 bits per heavy atom. The van der Waals surface area contributed by atoms with Crippen molar-refractivity contribution >= 4 is 0 Å². The second kappa shape index (κ2) is 6.71. The van der Waals surface area contributed by atoms with Crippen LogP contribution >= 0.6 is 0 Å². The number of rotatable bonds is 6. The van der Waals surface area contributed by atoms with E-state index < -0.39 is 0 Å². The third kappa shape index (κ3) is 3.48. The van der Waals surface area contributed by atoms with Gasteiger partial charge in [-0.15, -0.1) is 0 Å². The largest absolute Gasteiger partial charge is 0.310 e. The van der Waals surface area contributed by atoms with E-state index >= 15 is 0 Å². The first kappa shape index (κ1) is 14.8. The van der Waals surface area contributed by atoms with E-state index in [1.165, 1.54) is 22.5 Å². The molecule has 0 aliphatic heterocycles. The van der Waals surface area contributed by atoms with Gasteiger partial charge in [-0.05, 0) is 31.5 Å². The third-order valence-electron chi connectivity index (χ3n) is 3.70. The van der Waals surface area contributed by atoms with Gasteiger partial charge in [0.05, 0.1) is 5.69 Å². The Morgan fingerprint density at radius 1 is 1.25 bits per heavy atom. The number of likely N-dealkylation sites (N-methyl/N-ethyl adjacent to an activating group) is 1. The average molecular weight is 271 g/mol. The van der Waals surface area contributed by atoms with E-state index in [0.29, 0.717) is 6.04 Å². The number of aryl methyl sites for hydroxylation is 3. The number of nitrogens with one attached hydrogen (secondary N) is 1. The zero-order valence-electron chi connectivity index (χ0n) is 13.0. The molecule has 3 nitrogen and oxygen atoms in total. The maximum Gasteiger partial charge on any atom is 0.0624 e. The fourth-order valence-corrected chi connectivity index (χ4v) is 2.59. The zero-order valence-corrected chi connectivity index (χ0v) is 13.0. The van der Waals surface area contributed by atoms with Gasteiger partial charge in [0.15, 0.2) is 0 Å². The summed E-state index contributed by atoms with van der Waals surface area (Å²) in [5, 5.41) is 8.13. The molecule has 0 aliphatic carbocycles. The topological polar surface area (TPSA) is 29.9 Å². The molecule has 0 saturated carbocycles. The lowest BCUT2D eigenvalue weighted by Gasteiger charge is -2.19. The highest BCUT2D eigenvalue weighted by molar-refractivity contribution is 5.26. The van der Waals surface area contributed by atoms with Gasteiger partial charge in [0.1, 0.15) is 0 Å². The lowest BCUT2D eigenvalue weighted by atomic mass is 10.00. The first-order chi connectivity index (χ1) is 9.63. The quantitative estimate of drug-likeness (QED) is 0.874. The Hall–Kier alpha value is -1.61. The fraction of sp³-hybridized carbons (Fsp3) is 0.471. The van der Waals surface area contributed by atoms with Crippen LogP contribution in [0.15, 0.2) is 30.3 Å². The summed E-state index contributed by atoms with van der Waals surface area (Å²) in [7, 11) is 2.04. The summed E-state index contributed by atoms with van der Waals surface area (Å²) >= 11 is 0. The van der Waals surface area contributed by atoms with Crippen molar-refractivity contribution in [3.05, 3.63) is 52.8 Å². The van der Waals surface area contributed by atoms with Crippen molar-refractivity contribution in [2.45, 2.75) is 39.7 Å². The summed E-state index contributed by atoms with van der Waals surface area (Å²) in [4.78, 5) is 0. The summed E-state index contributed by atoms with van der Waals surface area (Å²) in [6.07, 6.45) is 1.96. The molecule has 1 atom stereocenters. The Labute approximate surface area is 122 Å². The van der Waals surface area contributed by atoms with Gasteiger partial charge in [-0.3, -0.25) is 4.68 Å². The third-order valence-corrected chi connectivity index (χ3v) is 3.70. The number of hydrogen-bond donors (Lipinski definition) is 1. The highest BCUT2D eigenvalue weighted by atomic mass is 15.3. The molecular formula is C17H25N3. The van der Waals surface area contributed by atoms with E-state index in [1.807, 2.05) is 11.7 Å². The van der Waals surface area contributed by atoms with Crippen molar-refractivity contribution in [1.29, 1.82) is 0 Å². The van der Waals surface area contributed by atoms with Crippen molar-refractivity contribution in [3.63, 3.8) is 0 Å². The van der Waals surface area contributed by atoms with Crippen LogP contribution in [0.5, 0.6) is 0 Å². The Balaban J connectivity index is 2.22. The van der Waals surface area contributed by atoms with E-state index in [9.17, 15) is 0 Å². The fourth-order valence-electron chi connectivity index (χ4n) is 2.59. The van der Waals surface area contributed by atoms with E-state index in [-0.39, 0.29) is 0 Å². The molecule has 1 aromatic carbocycles. The van der Waals surface area contributed by atoms with E-state index in [0.717, 1.165) is 19.4 Å². The smallest absolute Gasteiger partial charge is 0.0624 e. The first-order valence-electron chi connectivity index (χ1n) is 7.45. The van der Waals surface area contributed by atoms with Crippen molar-refractivity contribution in [2.75, 3.05) is 6.54 Å². The summed E-state index contributed by atoms with van der Waals surface area (Å²) in [6.45, 7) is 7.42. The molecule has 1 heterocycles. The van der Waals surface area contributed by atoms with E-state index in [1.54, 1.807) is 0 Å². The molecule has 3 heteroatoms. The van der Waals surface area contributed by atoms with Gasteiger partial charge in [0.2, 0.25) is 0 Å². The molecular weight excluding hydrogens is 246 g/mol. The van der Waals surface area contributed by atoms with Crippen LogP contribution in [0.25, 0.3) is 0 Å². The molecule has 2 rings (SSSR count). The van der Waals surface area contributed by atoms with Crippen LogP contribution in [0.4, 0.5) is 0 Å². The molecule has 1 unspecified atom stereocenters. The van der Waals surface area contributed by atoms with Crippen LogP contribution in [0, 0.1) is 6.92 Å². The monoisotopic (exact) mass is 271 g/mol. The molecule has 108 valence electrons. The van der Waals surface area contributed by atoms with Gasteiger partial charge < -0.3 is 5.32 Å². The second-order valence-electron chi connectivity index (χ2n) is 5.33. The molecule has 1 N–H and O–H groups in total. The lowest BCUT2D eigenvalue weighted by Crippen LogP contribution is -2.24. The van der Waals surface area contributed by atoms with E-state index in [4.69, 9.17) is 0 Å². The Kier molecular flexibility index (Phi) is 4.96. The first-order valence-corrected chi connectivity index (χ1v) is 7.45.